The Morgan fingerprint density at radius 1 is 1.35 bits per heavy atom. The average molecular weight is 320 g/mol. The highest BCUT2D eigenvalue weighted by molar-refractivity contribution is 7.91. The highest BCUT2D eigenvalue weighted by Gasteiger charge is 2.35. The van der Waals surface area contributed by atoms with Gasteiger partial charge in [0.2, 0.25) is 0 Å². The number of halogens is 1. The molecule has 1 aromatic rings. The third-order valence-electron chi connectivity index (χ3n) is 3.52. The Kier molecular flexibility index (Phi) is 5.04. The molecule has 1 aliphatic heterocycles. The van der Waals surface area contributed by atoms with Gasteiger partial charge in [-0.05, 0) is 24.1 Å². The molecule has 20 heavy (non-hydrogen) atoms. The van der Waals surface area contributed by atoms with Gasteiger partial charge >= 0.3 is 0 Å². The first kappa shape index (κ1) is 15.7. The molecule has 0 spiro atoms. The summed E-state index contributed by atoms with van der Waals surface area (Å²) in [6.45, 7) is 0.0885. The topological polar surface area (TPSA) is 77.8 Å². The van der Waals surface area contributed by atoms with Gasteiger partial charge in [0.15, 0.2) is 9.84 Å². The fraction of sp³-hybridized carbons (Fsp3) is 0.538. The van der Waals surface area contributed by atoms with Gasteiger partial charge in [-0.1, -0.05) is 23.7 Å². The zero-order chi connectivity index (χ0) is 14.8. The smallest absolute Gasteiger partial charge is 0.151 e. The normalized spacial score (nSPS) is 23.1. The lowest BCUT2D eigenvalue weighted by atomic mass is 10.1. The highest BCUT2D eigenvalue weighted by Crippen LogP contribution is 2.26. The second-order valence-electron chi connectivity index (χ2n) is 4.94. The quantitative estimate of drug-likeness (QED) is 0.785. The summed E-state index contributed by atoms with van der Waals surface area (Å²) in [5.74, 6) is 0.157. The summed E-state index contributed by atoms with van der Waals surface area (Å²) >= 11 is 5.81. The van der Waals surface area contributed by atoms with Crippen molar-refractivity contribution in [2.24, 2.45) is 0 Å². The summed E-state index contributed by atoms with van der Waals surface area (Å²) in [6, 6.07) is 6.46. The first-order chi connectivity index (χ1) is 9.43. The van der Waals surface area contributed by atoms with Gasteiger partial charge in [0.1, 0.15) is 6.23 Å². The molecule has 1 aliphatic rings. The fourth-order valence-corrected chi connectivity index (χ4v) is 4.35. The minimum absolute atomic E-state index is 0.0254. The van der Waals surface area contributed by atoms with Crippen LogP contribution in [0.25, 0.3) is 0 Å². The zero-order valence-corrected chi connectivity index (χ0v) is 12.5. The van der Waals surface area contributed by atoms with E-state index in [1.54, 1.807) is 29.2 Å². The van der Waals surface area contributed by atoms with E-state index in [9.17, 15) is 13.5 Å². The fourth-order valence-electron chi connectivity index (χ4n) is 2.48. The third kappa shape index (κ3) is 3.71. The van der Waals surface area contributed by atoms with Gasteiger partial charge in [-0.2, -0.15) is 0 Å². The number of hydrogen-bond donors (Lipinski definition) is 2. The van der Waals surface area contributed by atoms with Gasteiger partial charge < -0.3 is 10.2 Å². The van der Waals surface area contributed by atoms with Crippen molar-refractivity contribution >= 4 is 21.4 Å². The lowest BCUT2D eigenvalue weighted by molar-refractivity contribution is -0.0298. The van der Waals surface area contributed by atoms with Gasteiger partial charge in [0, 0.05) is 17.6 Å². The van der Waals surface area contributed by atoms with Crippen LogP contribution in [-0.4, -0.2) is 54.2 Å². The second-order valence-corrected chi connectivity index (χ2v) is 7.61. The number of nitrogens with zero attached hydrogens (tertiary/aromatic N) is 1. The SMILES string of the molecule is O=S1(=O)CCC(N(CCO)C(O)c2ccc(Cl)cc2)C1. The monoisotopic (exact) mass is 319 g/mol. The van der Waals surface area contributed by atoms with Crippen LogP contribution in [0.3, 0.4) is 0 Å². The number of benzene rings is 1. The Labute approximate surface area is 123 Å². The van der Waals surface area contributed by atoms with Gasteiger partial charge in [0.05, 0.1) is 18.1 Å². The molecule has 0 radical (unpaired) electrons. The standard InChI is InChI=1S/C13H18ClNO4S/c14-11-3-1-10(2-4-11)13(17)15(6-7-16)12-5-8-20(18,19)9-12/h1-4,12-13,16-17H,5-9H2. The molecule has 5 nitrogen and oxygen atoms in total. The molecule has 112 valence electrons. The Morgan fingerprint density at radius 3 is 2.50 bits per heavy atom. The molecule has 1 heterocycles. The van der Waals surface area contributed by atoms with E-state index in [0.717, 1.165) is 0 Å². The van der Waals surface area contributed by atoms with Crippen LogP contribution in [0.1, 0.15) is 18.2 Å². The molecule has 2 rings (SSSR count). The van der Waals surface area contributed by atoms with Gasteiger partial charge in [0.25, 0.3) is 0 Å². The molecule has 0 aromatic heterocycles. The minimum atomic E-state index is -3.04. The molecule has 1 fully saturated rings. The summed E-state index contributed by atoms with van der Waals surface area (Å²) in [6.07, 6.45) is -0.467. The summed E-state index contributed by atoms with van der Waals surface area (Å²) < 4.78 is 23.1. The molecule has 2 atom stereocenters. The molecular weight excluding hydrogens is 302 g/mol. The average Bonchev–Trinajstić information content (AvgIpc) is 2.76. The number of aliphatic hydroxyl groups excluding tert-OH is 2. The van der Waals surface area contributed by atoms with Crippen LogP contribution in [0.5, 0.6) is 0 Å². The van der Waals surface area contributed by atoms with Gasteiger partial charge in [-0.3, -0.25) is 4.90 Å². The predicted molar refractivity (Wildman–Crippen MR) is 77.3 cm³/mol. The maximum Gasteiger partial charge on any atom is 0.151 e. The van der Waals surface area contributed by atoms with Crippen molar-refractivity contribution in [2.45, 2.75) is 18.7 Å². The summed E-state index contributed by atoms with van der Waals surface area (Å²) in [5, 5.41) is 20.1. The zero-order valence-electron chi connectivity index (χ0n) is 10.9. The Bertz CT molecular complexity index is 546. The molecule has 7 heteroatoms. The van der Waals surface area contributed by atoms with Crippen LogP contribution < -0.4 is 0 Å². The van der Waals surface area contributed by atoms with Crippen LogP contribution in [0, 0.1) is 0 Å². The maximum atomic E-state index is 11.6. The number of aliphatic hydroxyl groups is 2. The van der Waals surface area contributed by atoms with E-state index in [0.29, 0.717) is 17.0 Å². The third-order valence-corrected chi connectivity index (χ3v) is 5.52. The van der Waals surface area contributed by atoms with Crippen molar-refractivity contribution in [3.05, 3.63) is 34.9 Å². The maximum absolute atomic E-state index is 11.6. The summed E-state index contributed by atoms with van der Waals surface area (Å²) in [5.41, 5.74) is 0.632. The molecule has 1 saturated heterocycles. The molecule has 0 bridgehead atoms. The van der Waals surface area contributed by atoms with Gasteiger partial charge in [-0.15, -0.1) is 0 Å². The Balaban J connectivity index is 2.17. The van der Waals surface area contributed by atoms with Crippen LogP contribution >= 0.6 is 11.6 Å². The van der Waals surface area contributed by atoms with Crippen LogP contribution in [0.4, 0.5) is 0 Å². The summed E-state index contributed by atoms with van der Waals surface area (Å²) in [7, 11) is -3.04. The molecule has 2 unspecified atom stereocenters. The van der Waals surface area contributed by atoms with Crippen molar-refractivity contribution in [3.63, 3.8) is 0 Å². The first-order valence-corrected chi connectivity index (χ1v) is 8.63. The summed E-state index contributed by atoms with van der Waals surface area (Å²) in [4.78, 5) is 1.63. The van der Waals surface area contributed by atoms with Crippen molar-refractivity contribution in [1.29, 1.82) is 0 Å². The van der Waals surface area contributed by atoms with E-state index in [1.165, 1.54) is 0 Å². The van der Waals surface area contributed by atoms with E-state index in [4.69, 9.17) is 16.7 Å². The number of sulfone groups is 1. The van der Waals surface area contributed by atoms with E-state index < -0.39 is 16.1 Å². The van der Waals surface area contributed by atoms with Gasteiger partial charge in [-0.25, -0.2) is 8.42 Å². The molecule has 0 saturated carbocycles. The van der Waals surface area contributed by atoms with Crippen molar-refractivity contribution in [1.82, 2.24) is 4.90 Å². The Hall–Kier alpha value is -0.660. The van der Waals surface area contributed by atoms with Crippen molar-refractivity contribution in [2.75, 3.05) is 24.7 Å². The van der Waals surface area contributed by atoms with Crippen molar-refractivity contribution in [3.8, 4) is 0 Å². The first-order valence-electron chi connectivity index (χ1n) is 6.43. The van der Waals surface area contributed by atoms with Crippen molar-refractivity contribution < 1.29 is 18.6 Å². The number of rotatable bonds is 5. The molecule has 0 amide bonds. The van der Waals surface area contributed by atoms with E-state index in [1.807, 2.05) is 0 Å². The van der Waals surface area contributed by atoms with Crippen LogP contribution in [0.2, 0.25) is 5.02 Å². The largest absolute Gasteiger partial charge is 0.395 e. The Morgan fingerprint density at radius 2 is 2.00 bits per heavy atom. The van der Waals surface area contributed by atoms with Crippen LogP contribution in [0.15, 0.2) is 24.3 Å². The lowest BCUT2D eigenvalue weighted by Gasteiger charge is -2.32. The van der Waals surface area contributed by atoms with Crippen LogP contribution in [-0.2, 0) is 9.84 Å². The van der Waals surface area contributed by atoms with E-state index >= 15 is 0 Å². The molecule has 2 N–H and O–H groups in total. The second kappa shape index (κ2) is 6.41. The van der Waals surface area contributed by atoms with E-state index in [-0.39, 0.29) is 30.7 Å². The predicted octanol–water partition coefficient (Wildman–Crippen LogP) is 0.812. The lowest BCUT2D eigenvalue weighted by Crippen LogP contribution is -2.41. The molecular formula is C13H18ClNO4S. The minimum Gasteiger partial charge on any atom is -0.395 e. The van der Waals surface area contributed by atoms with E-state index in [2.05, 4.69) is 0 Å². The highest BCUT2D eigenvalue weighted by atomic mass is 35.5. The number of hydrogen-bond acceptors (Lipinski definition) is 5. The molecule has 1 aromatic carbocycles. The molecule has 0 aliphatic carbocycles.